The highest BCUT2D eigenvalue weighted by Gasteiger charge is 2.24. The summed E-state index contributed by atoms with van der Waals surface area (Å²) in [7, 11) is 1.69. The largest absolute Gasteiger partial charge is 0.488 e. The molecule has 2 atom stereocenters. The minimum atomic E-state index is -1.23. The number of halogens is 2. The van der Waals surface area contributed by atoms with E-state index in [1.54, 1.807) is 62.2 Å². The van der Waals surface area contributed by atoms with Crippen molar-refractivity contribution >= 4 is 35.4 Å². The van der Waals surface area contributed by atoms with Crippen LogP contribution in [0.15, 0.2) is 103 Å². The number of nitrogens with zero attached hydrogens (tertiary/aromatic N) is 4. The smallest absolute Gasteiger partial charge is 0.323 e. The molecule has 64 heavy (non-hydrogen) atoms. The van der Waals surface area contributed by atoms with E-state index >= 15 is 0 Å². The number of aliphatic hydroxyl groups is 2. The van der Waals surface area contributed by atoms with Crippen LogP contribution >= 0.6 is 23.2 Å². The van der Waals surface area contributed by atoms with Gasteiger partial charge in [-0.15, -0.1) is 0 Å². The topological polar surface area (TPSA) is 189 Å². The normalized spacial score (nSPS) is 12.1. The molecular formula is C49H47Cl2N5O8. The predicted molar refractivity (Wildman–Crippen MR) is 244 cm³/mol. The number of nitriles is 1. The molecule has 4 aromatic carbocycles. The maximum Gasteiger partial charge on any atom is 0.323 e. The first kappa shape index (κ1) is 47.0. The van der Waals surface area contributed by atoms with Gasteiger partial charge in [0.05, 0.1) is 28.3 Å². The average molecular weight is 905 g/mol. The molecule has 2 heterocycles. The molecule has 6 aromatic rings. The Kier molecular flexibility index (Phi) is 16.3. The highest BCUT2D eigenvalue weighted by Crippen LogP contribution is 2.37. The Morgan fingerprint density at radius 2 is 1.30 bits per heavy atom. The van der Waals surface area contributed by atoms with Crippen molar-refractivity contribution in [1.82, 2.24) is 15.3 Å². The molecule has 0 radical (unpaired) electrons. The van der Waals surface area contributed by atoms with E-state index in [0.717, 1.165) is 44.5 Å². The number of carboxylic acid groups (broad SMARTS) is 1. The lowest BCUT2D eigenvalue weighted by molar-refractivity contribution is -0.142. The first-order chi connectivity index (χ1) is 30.9. The van der Waals surface area contributed by atoms with Gasteiger partial charge in [-0.25, -0.2) is 0 Å². The average Bonchev–Trinajstić information content (AvgIpc) is 3.28. The second-order valence-electron chi connectivity index (χ2n) is 14.9. The van der Waals surface area contributed by atoms with Crippen LogP contribution in [0.2, 0.25) is 10.0 Å². The quantitative estimate of drug-likeness (QED) is 0.0535. The molecule has 0 spiro atoms. The third-order valence-electron chi connectivity index (χ3n) is 10.4. The molecule has 2 aromatic heterocycles. The molecule has 330 valence electrons. The summed E-state index contributed by atoms with van der Waals surface area (Å²) in [4.78, 5) is 24.2. The maximum absolute atomic E-state index is 11.8. The molecule has 6 rings (SSSR count). The van der Waals surface area contributed by atoms with Crippen LogP contribution in [-0.4, -0.2) is 56.7 Å². The minimum Gasteiger partial charge on any atom is -0.488 e. The summed E-state index contributed by atoms with van der Waals surface area (Å²) in [6, 6.07) is 23.0. The lowest BCUT2D eigenvalue weighted by Gasteiger charge is -2.20. The van der Waals surface area contributed by atoms with Gasteiger partial charge in [0.1, 0.15) is 61.5 Å². The SMILES string of the molecule is C/N=C/c1cncc(COc2cc(OCc3cccc(-c4cccc(COc5cc(OCc6cncc(C#N)c6)c(CNC(C(=O)O)C(C)O)cc5Cl)c4C)c3C)c(Cl)cc2CO)c1. The first-order valence-corrected chi connectivity index (χ1v) is 20.9. The van der Waals surface area contributed by atoms with Crippen LogP contribution in [0.3, 0.4) is 0 Å². The van der Waals surface area contributed by atoms with Crippen molar-refractivity contribution in [1.29, 1.82) is 5.26 Å². The van der Waals surface area contributed by atoms with Crippen LogP contribution in [0.4, 0.5) is 0 Å². The van der Waals surface area contributed by atoms with Crippen molar-refractivity contribution in [2.24, 2.45) is 4.99 Å². The monoisotopic (exact) mass is 903 g/mol. The highest BCUT2D eigenvalue weighted by molar-refractivity contribution is 6.32. The van der Waals surface area contributed by atoms with Crippen LogP contribution in [0, 0.1) is 25.2 Å². The van der Waals surface area contributed by atoms with E-state index in [1.165, 1.54) is 13.1 Å². The molecule has 15 heteroatoms. The van der Waals surface area contributed by atoms with E-state index in [9.17, 15) is 25.4 Å². The van der Waals surface area contributed by atoms with Gasteiger partial charge in [0.25, 0.3) is 0 Å². The van der Waals surface area contributed by atoms with Crippen molar-refractivity contribution < 1.29 is 39.1 Å². The number of aliphatic hydroxyl groups excluding tert-OH is 2. The van der Waals surface area contributed by atoms with Gasteiger partial charge in [-0.2, -0.15) is 5.26 Å². The molecular weight excluding hydrogens is 857 g/mol. The fourth-order valence-electron chi connectivity index (χ4n) is 6.92. The van der Waals surface area contributed by atoms with E-state index < -0.39 is 18.1 Å². The second kappa shape index (κ2) is 22.2. The number of carboxylic acids is 1. The summed E-state index contributed by atoms with van der Waals surface area (Å²) in [5.74, 6) is 0.337. The summed E-state index contributed by atoms with van der Waals surface area (Å²) in [5.41, 5.74) is 9.62. The van der Waals surface area contributed by atoms with Gasteiger partial charge >= 0.3 is 5.97 Å². The van der Waals surface area contributed by atoms with Gasteiger partial charge in [0.15, 0.2) is 0 Å². The number of hydrogen-bond acceptors (Lipinski definition) is 12. The number of ether oxygens (including phenoxy) is 4. The van der Waals surface area contributed by atoms with E-state index in [2.05, 4.69) is 38.5 Å². The van der Waals surface area contributed by atoms with Crippen molar-refractivity contribution in [3.63, 3.8) is 0 Å². The zero-order valence-electron chi connectivity index (χ0n) is 35.6. The standard InChI is InChI=1S/C49H47Cl2N5O8/c1-29-36(27-63-46-15-44(61-25-34-11-32(17-52)19-54-21-34)38(13-42(46)50)23-56-48(31(3)58)49(59)60)7-5-9-40(29)41-10-6-8-37(30(41)2)28-64-47-16-45(39(24-57)14-43(47)51)62-26-35-12-33(18-53-4)20-55-22-35/h5-16,18-22,31,48,56-58H,23-28H2,1-4H3,(H,59,60)/b53-18+. The van der Waals surface area contributed by atoms with Gasteiger partial charge in [0, 0.05) is 84.5 Å². The third kappa shape index (κ3) is 11.9. The number of hydrogen-bond donors (Lipinski definition) is 4. The van der Waals surface area contributed by atoms with Crippen molar-refractivity contribution in [3.05, 3.63) is 163 Å². The summed E-state index contributed by atoms with van der Waals surface area (Å²) in [6.07, 6.45) is 7.01. The summed E-state index contributed by atoms with van der Waals surface area (Å²) in [6.45, 7) is 5.85. The summed E-state index contributed by atoms with van der Waals surface area (Å²) in [5, 5.41) is 42.5. The van der Waals surface area contributed by atoms with E-state index in [4.69, 9.17) is 42.1 Å². The molecule has 0 fully saturated rings. The number of rotatable bonds is 20. The molecule has 2 unspecified atom stereocenters. The maximum atomic E-state index is 11.8. The lowest BCUT2D eigenvalue weighted by Crippen LogP contribution is -2.44. The van der Waals surface area contributed by atoms with E-state index in [0.29, 0.717) is 50.3 Å². The van der Waals surface area contributed by atoms with Crippen molar-refractivity contribution in [3.8, 4) is 40.2 Å². The van der Waals surface area contributed by atoms with Crippen LogP contribution in [0.25, 0.3) is 11.1 Å². The molecule has 0 saturated heterocycles. The Hall–Kier alpha value is -6.53. The van der Waals surface area contributed by atoms with Gasteiger partial charge < -0.3 is 34.3 Å². The van der Waals surface area contributed by atoms with Gasteiger partial charge in [-0.05, 0) is 78.4 Å². The Bertz CT molecular complexity index is 2690. The zero-order valence-corrected chi connectivity index (χ0v) is 37.2. The van der Waals surface area contributed by atoms with Gasteiger partial charge in [-0.1, -0.05) is 59.6 Å². The lowest BCUT2D eigenvalue weighted by atomic mass is 9.92. The third-order valence-corrected chi connectivity index (χ3v) is 11.0. The molecule has 13 nitrogen and oxygen atoms in total. The zero-order chi connectivity index (χ0) is 45.8. The minimum absolute atomic E-state index is 0.0141. The number of pyridine rings is 2. The van der Waals surface area contributed by atoms with E-state index in [1.807, 2.05) is 44.2 Å². The highest BCUT2D eigenvalue weighted by atomic mass is 35.5. The number of benzene rings is 4. The fraction of sp³-hybridized carbons (Fsp3) is 0.245. The summed E-state index contributed by atoms with van der Waals surface area (Å²) >= 11 is 13.4. The molecule has 4 N–H and O–H groups in total. The van der Waals surface area contributed by atoms with Crippen LogP contribution in [-0.2, 0) is 44.4 Å². The molecule has 0 saturated carbocycles. The van der Waals surface area contributed by atoms with Crippen molar-refractivity contribution in [2.45, 2.75) is 72.5 Å². The Morgan fingerprint density at radius 1 is 0.766 bits per heavy atom. The van der Waals surface area contributed by atoms with Gasteiger partial charge in [0.2, 0.25) is 0 Å². The predicted octanol–water partition coefficient (Wildman–Crippen LogP) is 8.72. The van der Waals surface area contributed by atoms with Crippen molar-refractivity contribution in [2.75, 3.05) is 7.05 Å². The fourth-order valence-corrected chi connectivity index (χ4v) is 7.40. The number of aromatic nitrogens is 2. The van der Waals surface area contributed by atoms with Crippen LogP contribution < -0.4 is 24.3 Å². The Labute approximate surface area is 381 Å². The second-order valence-corrected chi connectivity index (χ2v) is 15.7. The molecule has 0 aliphatic heterocycles. The number of aliphatic carboxylic acids is 1. The molecule has 0 bridgehead atoms. The molecule has 0 aliphatic rings. The molecule has 0 aliphatic carbocycles. The number of carbonyl (C=O) groups is 1. The Morgan fingerprint density at radius 3 is 1.83 bits per heavy atom. The van der Waals surface area contributed by atoms with E-state index in [-0.39, 0.29) is 44.6 Å². The Balaban J connectivity index is 1.19. The summed E-state index contributed by atoms with van der Waals surface area (Å²) < 4.78 is 24.9. The van der Waals surface area contributed by atoms with Gasteiger partial charge in [-0.3, -0.25) is 25.1 Å². The first-order valence-electron chi connectivity index (χ1n) is 20.2. The van der Waals surface area contributed by atoms with Crippen LogP contribution in [0.1, 0.15) is 62.6 Å². The van der Waals surface area contributed by atoms with Crippen LogP contribution in [0.5, 0.6) is 23.0 Å². The number of nitrogens with one attached hydrogen (secondary N) is 1. The number of aliphatic imine (C=N–C) groups is 1. The molecule has 0 amide bonds.